The third kappa shape index (κ3) is 1.23. The highest BCUT2D eigenvalue weighted by Gasteiger charge is 2.11. The molecule has 0 spiro atoms. The largest absolute Gasteiger partial charge is 0.345 e. The van der Waals surface area contributed by atoms with Crippen LogP contribution in [0.25, 0.3) is 0 Å². The molecule has 1 aliphatic heterocycles. The van der Waals surface area contributed by atoms with Gasteiger partial charge in [0.1, 0.15) is 13.0 Å². The Balaban J connectivity index is 2.18. The van der Waals surface area contributed by atoms with Crippen LogP contribution in [-0.4, -0.2) is 29.9 Å². The third-order valence-electron chi connectivity index (χ3n) is 1.66. The molecule has 0 fully saturated rings. The zero-order chi connectivity index (χ0) is 8.39. The summed E-state index contributed by atoms with van der Waals surface area (Å²) in [7, 11) is 1.98. The molecule has 0 aliphatic carbocycles. The van der Waals surface area contributed by atoms with Crippen LogP contribution >= 0.6 is 0 Å². The molecular formula is C8H10N4. The molecule has 0 saturated heterocycles. The Morgan fingerprint density at radius 2 is 2.33 bits per heavy atom. The maximum atomic E-state index is 4.18. The standard InChI is InChI=1S/C8H10N4/c1-11-6-10-12(7-11)8-4-2-3-5-9-8/h2-6H,7H2,1H3. The summed E-state index contributed by atoms with van der Waals surface area (Å²) < 4.78 is 0. The lowest BCUT2D eigenvalue weighted by Gasteiger charge is -2.13. The first kappa shape index (κ1) is 7.09. The predicted molar refractivity (Wildman–Crippen MR) is 47.8 cm³/mol. The minimum Gasteiger partial charge on any atom is -0.345 e. The molecule has 62 valence electrons. The molecule has 0 N–H and O–H groups in total. The van der Waals surface area contributed by atoms with Crippen LogP contribution in [0.3, 0.4) is 0 Å². The molecule has 0 amide bonds. The second-order valence-corrected chi connectivity index (χ2v) is 2.72. The van der Waals surface area contributed by atoms with E-state index in [9.17, 15) is 0 Å². The Morgan fingerprint density at radius 3 is 2.92 bits per heavy atom. The van der Waals surface area contributed by atoms with Crippen LogP contribution in [0.1, 0.15) is 0 Å². The van der Waals surface area contributed by atoms with Gasteiger partial charge in [-0.25, -0.2) is 9.99 Å². The number of hydrogen-bond acceptors (Lipinski definition) is 4. The highest BCUT2D eigenvalue weighted by Crippen LogP contribution is 2.12. The van der Waals surface area contributed by atoms with Gasteiger partial charge in [0.05, 0.1) is 0 Å². The second kappa shape index (κ2) is 2.81. The first-order valence-electron chi connectivity index (χ1n) is 3.79. The summed E-state index contributed by atoms with van der Waals surface area (Å²) in [6.45, 7) is 0.775. The number of nitrogens with zero attached hydrogens (tertiary/aromatic N) is 4. The first-order chi connectivity index (χ1) is 5.86. The zero-order valence-electron chi connectivity index (χ0n) is 6.88. The van der Waals surface area contributed by atoms with E-state index in [2.05, 4.69) is 10.1 Å². The second-order valence-electron chi connectivity index (χ2n) is 2.72. The van der Waals surface area contributed by atoms with Gasteiger partial charge in [0.25, 0.3) is 0 Å². The summed E-state index contributed by atoms with van der Waals surface area (Å²) >= 11 is 0. The molecule has 0 radical (unpaired) electrons. The van der Waals surface area contributed by atoms with Crippen LogP contribution in [0.2, 0.25) is 0 Å². The highest BCUT2D eigenvalue weighted by atomic mass is 15.6. The minimum absolute atomic E-state index is 0.775. The van der Waals surface area contributed by atoms with E-state index in [1.54, 1.807) is 12.5 Å². The van der Waals surface area contributed by atoms with Crippen molar-refractivity contribution in [3.63, 3.8) is 0 Å². The van der Waals surface area contributed by atoms with Crippen LogP contribution in [0.15, 0.2) is 29.5 Å². The van der Waals surface area contributed by atoms with Gasteiger partial charge in [0.15, 0.2) is 5.82 Å². The molecule has 2 rings (SSSR count). The van der Waals surface area contributed by atoms with Crippen molar-refractivity contribution in [2.24, 2.45) is 5.10 Å². The van der Waals surface area contributed by atoms with Crippen molar-refractivity contribution in [1.82, 2.24) is 9.88 Å². The minimum atomic E-state index is 0.775. The van der Waals surface area contributed by atoms with Gasteiger partial charge < -0.3 is 4.90 Å². The molecule has 0 bridgehead atoms. The normalized spacial score (nSPS) is 15.8. The van der Waals surface area contributed by atoms with Crippen molar-refractivity contribution in [3.05, 3.63) is 24.4 Å². The van der Waals surface area contributed by atoms with Crippen LogP contribution in [0.5, 0.6) is 0 Å². The first-order valence-corrected chi connectivity index (χ1v) is 3.79. The summed E-state index contributed by atoms with van der Waals surface area (Å²) in [5.41, 5.74) is 0. The number of rotatable bonds is 1. The summed E-state index contributed by atoms with van der Waals surface area (Å²) in [5.74, 6) is 0.887. The van der Waals surface area contributed by atoms with Gasteiger partial charge in [0.2, 0.25) is 0 Å². The maximum Gasteiger partial charge on any atom is 0.150 e. The summed E-state index contributed by atoms with van der Waals surface area (Å²) in [5, 5.41) is 6.01. The van der Waals surface area contributed by atoms with E-state index >= 15 is 0 Å². The molecule has 0 unspecified atom stereocenters. The quantitative estimate of drug-likeness (QED) is 0.610. The lowest BCUT2D eigenvalue weighted by Crippen LogP contribution is -2.23. The van der Waals surface area contributed by atoms with E-state index in [0.717, 1.165) is 12.5 Å². The lowest BCUT2D eigenvalue weighted by atomic mass is 10.4. The van der Waals surface area contributed by atoms with Crippen molar-refractivity contribution < 1.29 is 0 Å². The van der Waals surface area contributed by atoms with Crippen LogP contribution in [0.4, 0.5) is 5.82 Å². The molecule has 2 heterocycles. The number of hydrazone groups is 1. The molecule has 4 nitrogen and oxygen atoms in total. The van der Waals surface area contributed by atoms with E-state index in [1.165, 1.54) is 0 Å². The molecule has 1 aromatic rings. The van der Waals surface area contributed by atoms with Gasteiger partial charge in [-0.1, -0.05) is 6.07 Å². The summed E-state index contributed by atoms with van der Waals surface area (Å²) in [6.07, 6.45) is 3.55. The van der Waals surface area contributed by atoms with Gasteiger partial charge >= 0.3 is 0 Å². The van der Waals surface area contributed by atoms with Crippen LogP contribution in [-0.2, 0) is 0 Å². The molecule has 0 atom stereocenters. The van der Waals surface area contributed by atoms with E-state index in [4.69, 9.17) is 0 Å². The fraction of sp³-hybridized carbons (Fsp3) is 0.250. The van der Waals surface area contributed by atoms with Crippen LogP contribution < -0.4 is 5.01 Å². The summed E-state index contributed by atoms with van der Waals surface area (Å²) in [6, 6.07) is 5.79. The Bertz CT molecular complexity index is 282. The van der Waals surface area contributed by atoms with E-state index < -0.39 is 0 Å². The number of anilines is 1. The number of hydrogen-bond donors (Lipinski definition) is 0. The monoisotopic (exact) mass is 162 g/mol. The Kier molecular flexibility index (Phi) is 1.66. The summed E-state index contributed by atoms with van der Waals surface area (Å²) in [4.78, 5) is 6.18. The zero-order valence-corrected chi connectivity index (χ0v) is 6.88. The molecule has 0 aromatic carbocycles. The fourth-order valence-corrected chi connectivity index (χ4v) is 1.07. The topological polar surface area (TPSA) is 31.7 Å². The number of pyridine rings is 1. The maximum absolute atomic E-state index is 4.18. The SMILES string of the molecule is CN1C=NN(c2ccccn2)C1. The molecule has 0 saturated carbocycles. The molecule has 1 aromatic heterocycles. The van der Waals surface area contributed by atoms with Crippen LogP contribution in [0, 0.1) is 0 Å². The third-order valence-corrected chi connectivity index (χ3v) is 1.66. The highest BCUT2D eigenvalue weighted by molar-refractivity contribution is 5.61. The molecular weight excluding hydrogens is 152 g/mol. The van der Waals surface area contributed by atoms with Crippen molar-refractivity contribution in [1.29, 1.82) is 0 Å². The average Bonchev–Trinajstić information content (AvgIpc) is 2.54. The number of aromatic nitrogens is 1. The van der Waals surface area contributed by atoms with E-state index in [0.29, 0.717) is 0 Å². The van der Waals surface area contributed by atoms with Gasteiger partial charge in [-0.15, -0.1) is 0 Å². The van der Waals surface area contributed by atoms with Gasteiger partial charge in [-0.2, -0.15) is 5.10 Å². The fourth-order valence-electron chi connectivity index (χ4n) is 1.07. The van der Waals surface area contributed by atoms with Crippen molar-refractivity contribution in [2.45, 2.75) is 0 Å². The van der Waals surface area contributed by atoms with Gasteiger partial charge in [-0.05, 0) is 12.1 Å². The van der Waals surface area contributed by atoms with E-state index in [-0.39, 0.29) is 0 Å². The van der Waals surface area contributed by atoms with Gasteiger partial charge in [0, 0.05) is 13.2 Å². The Hall–Kier alpha value is -1.58. The van der Waals surface area contributed by atoms with Gasteiger partial charge in [-0.3, -0.25) is 0 Å². The lowest BCUT2D eigenvalue weighted by molar-refractivity contribution is 0.547. The van der Waals surface area contributed by atoms with E-state index in [1.807, 2.05) is 35.2 Å². The molecule has 4 heteroatoms. The van der Waals surface area contributed by atoms with Crippen molar-refractivity contribution in [2.75, 3.05) is 18.7 Å². The smallest absolute Gasteiger partial charge is 0.150 e. The Morgan fingerprint density at radius 1 is 1.42 bits per heavy atom. The van der Waals surface area contributed by atoms with Crippen molar-refractivity contribution >= 4 is 12.2 Å². The molecule has 1 aliphatic rings. The predicted octanol–water partition coefficient (Wildman–Crippen LogP) is 0.734. The van der Waals surface area contributed by atoms with Crippen molar-refractivity contribution in [3.8, 4) is 0 Å². The average molecular weight is 162 g/mol. The molecule has 12 heavy (non-hydrogen) atoms. The Labute approximate surface area is 71.1 Å².